The van der Waals surface area contributed by atoms with Crippen molar-refractivity contribution >= 4 is 11.7 Å². The van der Waals surface area contributed by atoms with Gasteiger partial charge in [-0.3, -0.25) is 9.80 Å². The lowest BCUT2D eigenvalue weighted by Crippen LogP contribution is -2.52. The average Bonchev–Trinajstić information content (AvgIpc) is 2.64. The predicted molar refractivity (Wildman–Crippen MR) is 103 cm³/mol. The number of piperazine rings is 1. The van der Waals surface area contributed by atoms with E-state index in [1.54, 1.807) is 0 Å². The summed E-state index contributed by atoms with van der Waals surface area (Å²) in [6.45, 7) is 9.15. The van der Waals surface area contributed by atoms with Gasteiger partial charge in [0.1, 0.15) is 0 Å². The maximum absolute atomic E-state index is 12.9. The van der Waals surface area contributed by atoms with Gasteiger partial charge in [-0.2, -0.15) is 0 Å². The summed E-state index contributed by atoms with van der Waals surface area (Å²) < 4.78 is 0. The van der Waals surface area contributed by atoms with Crippen molar-refractivity contribution in [2.75, 3.05) is 37.6 Å². The number of benzene rings is 2. The van der Waals surface area contributed by atoms with E-state index < -0.39 is 0 Å². The molecule has 2 aromatic carbocycles. The molecule has 0 radical (unpaired) electrons. The minimum atomic E-state index is 0.118. The number of nitrogens with zero attached hydrogens (tertiary/aromatic N) is 3. The Kier molecular flexibility index (Phi) is 5.71. The van der Waals surface area contributed by atoms with E-state index in [4.69, 9.17) is 0 Å². The first-order valence-electron chi connectivity index (χ1n) is 9.07. The molecule has 0 spiro atoms. The number of carbonyl (C=O) groups is 1. The number of carbonyl (C=O) groups excluding carboxylic acids is 1. The first-order chi connectivity index (χ1) is 12.2. The Morgan fingerprint density at radius 2 is 1.72 bits per heavy atom. The molecular formula is C21H27N3O. The van der Waals surface area contributed by atoms with Crippen molar-refractivity contribution in [3.8, 4) is 0 Å². The zero-order valence-electron chi connectivity index (χ0n) is 15.2. The fourth-order valence-corrected chi connectivity index (χ4v) is 3.33. The first kappa shape index (κ1) is 17.5. The molecule has 2 aromatic rings. The summed E-state index contributed by atoms with van der Waals surface area (Å²) in [7, 11) is 0. The maximum Gasteiger partial charge on any atom is 0.324 e. The van der Waals surface area contributed by atoms with Crippen LogP contribution in [0.3, 0.4) is 0 Å². The highest BCUT2D eigenvalue weighted by molar-refractivity contribution is 5.92. The van der Waals surface area contributed by atoms with Crippen molar-refractivity contribution in [2.24, 2.45) is 0 Å². The lowest BCUT2D eigenvalue weighted by atomic mass is 10.2. The summed E-state index contributed by atoms with van der Waals surface area (Å²) in [6.07, 6.45) is 0. The molecule has 0 aromatic heterocycles. The van der Waals surface area contributed by atoms with Crippen LogP contribution in [-0.4, -0.2) is 48.6 Å². The minimum Gasteiger partial charge on any atom is -0.322 e. The SMILES string of the molecule is CCN(C(=O)N1CCN(Cc2ccccc2)CC1)c1cccc(C)c1. The molecule has 0 saturated carbocycles. The third kappa shape index (κ3) is 4.40. The van der Waals surface area contributed by atoms with Gasteiger partial charge in [0.25, 0.3) is 0 Å². The molecule has 1 heterocycles. The number of amides is 2. The van der Waals surface area contributed by atoms with Crippen molar-refractivity contribution in [1.82, 2.24) is 9.80 Å². The number of rotatable bonds is 4. The molecule has 0 unspecified atom stereocenters. The van der Waals surface area contributed by atoms with Gasteiger partial charge in [0.2, 0.25) is 0 Å². The van der Waals surface area contributed by atoms with Crippen molar-refractivity contribution < 1.29 is 4.79 Å². The quantitative estimate of drug-likeness (QED) is 0.849. The largest absolute Gasteiger partial charge is 0.324 e. The van der Waals surface area contributed by atoms with Crippen LogP contribution in [0.1, 0.15) is 18.1 Å². The van der Waals surface area contributed by atoms with E-state index in [9.17, 15) is 4.79 Å². The minimum absolute atomic E-state index is 0.118. The monoisotopic (exact) mass is 337 g/mol. The molecular weight excluding hydrogens is 310 g/mol. The van der Waals surface area contributed by atoms with E-state index >= 15 is 0 Å². The lowest BCUT2D eigenvalue weighted by Gasteiger charge is -2.37. The number of aryl methyl sites for hydroxylation is 1. The van der Waals surface area contributed by atoms with E-state index in [-0.39, 0.29) is 6.03 Å². The van der Waals surface area contributed by atoms with Crippen LogP contribution in [0.2, 0.25) is 0 Å². The second-order valence-corrected chi connectivity index (χ2v) is 6.61. The smallest absolute Gasteiger partial charge is 0.322 e. The molecule has 0 aliphatic carbocycles. The van der Waals surface area contributed by atoms with Gasteiger partial charge in [-0.15, -0.1) is 0 Å². The molecule has 1 fully saturated rings. The molecule has 1 aliphatic heterocycles. The normalized spacial score (nSPS) is 15.2. The van der Waals surface area contributed by atoms with Crippen LogP contribution in [0.25, 0.3) is 0 Å². The maximum atomic E-state index is 12.9. The predicted octanol–water partition coefficient (Wildman–Crippen LogP) is 3.76. The average molecular weight is 337 g/mol. The van der Waals surface area contributed by atoms with Crippen LogP contribution in [0.15, 0.2) is 54.6 Å². The second kappa shape index (κ2) is 8.17. The molecule has 0 bridgehead atoms. The molecule has 1 saturated heterocycles. The van der Waals surface area contributed by atoms with Gasteiger partial charge < -0.3 is 4.90 Å². The summed E-state index contributed by atoms with van der Waals surface area (Å²) in [6, 6.07) is 18.8. The molecule has 132 valence electrons. The molecule has 3 rings (SSSR count). The third-order valence-corrected chi connectivity index (χ3v) is 4.75. The van der Waals surface area contributed by atoms with Gasteiger partial charge >= 0.3 is 6.03 Å². The van der Waals surface area contributed by atoms with Crippen molar-refractivity contribution in [2.45, 2.75) is 20.4 Å². The van der Waals surface area contributed by atoms with Crippen molar-refractivity contribution in [3.63, 3.8) is 0 Å². The standard InChI is InChI=1S/C21H27N3O/c1-3-24(20-11-7-8-18(2)16-20)21(25)23-14-12-22(13-15-23)17-19-9-5-4-6-10-19/h4-11,16H,3,12-15,17H2,1-2H3. The van der Waals surface area contributed by atoms with E-state index in [2.05, 4.69) is 48.2 Å². The molecule has 1 aliphatic rings. The van der Waals surface area contributed by atoms with Crippen molar-refractivity contribution in [1.29, 1.82) is 0 Å². The van der Waals surface area contributed by atoms with E-state index in [1.165, 1.54) is 11.1 Å². The molecule has 0 N–H and O–H groups in total. The van der Waals surface area contributed by atoms with Crippen molar-refractivity contribution in [3.05, 3.63) is 65.7 Å². The molecule has 0 atom stereocenters. The van der Waals surface area contributed by atoms with E-state index in [0.29, 0.717) is 6.54 Å². The van der Waals surface area contributed by atoms with E-state index in [1.807, 2.05) is 34.9 Å². The fraction of sp³-hybridized carbons (Fsp3) is 0.381. The molecule has 4 heteroatoms. The van der Waals surface area contributed by atoms with Crippen LogP contribution in [0.4, 0.5) is 10.5 Å². The van der Waals surface area contributed by atoms with Gasteiger partial charge in [-0.25, -0.2) is 4.79 Å². The number of urea groups is 1. The van der Waals surface area contributed by atoms with Gasteiger partial charge in [-0.05, 0) is 37.1 Å². The molecule has 25 heavy (non-hydrogen) atoms. The Morgan fingerprint density at radius 1 is 1.00 bits per heavy atom. The highest BCUT2D eigenvalue weighted by Gasteiger charge is 2.25. The Bertz CT molecular complexity index is 693. The summed E-state index contributed by atoms with van der Waals surface area (Å²) in [5.74, 6) is 0. The Balaban J connectivity index is 1.59. The van der Waals surface area contributed by atoms with Crippen LogP contribution in [-0.2, 0) is 6.54 Å². The van der Waals surface area contributed by atoms with Crippen LogP contribution in [0, 0.1) is 6.92 Å². The van der Waals surface area contributed by atoms with E-state index in [0.717, 1.165) is 38.4 Å². The fourth-order valence-electron chi connectivity index (χ4n) is 3.33. The highest BCUT2D eigenvalue weighted by Crippen LogP contribution is 2.18. The number of hydrogen-bond acceptors (Lipinski definition) is 2. The molecule has 4 nitrogen and oxygen atoms in total. The van der Waals surface area contributed by atoms with Crippen LogP contribution in [0.5, 0.6) is 0 Å². The second-order valence-electron chi connectivity index (χ2n) is 6.61. The van der Waals surface area contributed by atoms with Crippen LogP contribution < -0.4 is 4.90 Å². The van der Waals surface area contributed by atoms with Gasteiger partial charge in [0.15, 0.2) is 0 Å². The van der Waals surface area contributed by atoms with Crippen LogP contribution >= 0.6 is 0 Å². The third-order valence-electron chi connectivity index (χ3n) is 4.75. The Hall–Kier alpha value is -2.33. The Morgan fingerprint density at radius 3 is 2.36 bits per heavy atom. The Labute approximate surface area is 150 Å². The summed E-state index contributed by atoms with van der Waals surface area (Å²) in [4.78, 5) is 19.2. The molecule has 2 amide bonds. The summed E-state index contributed by atoms with van der Waals surface area (Å²) >= 11 is 0. The van der Waals surface area contributed by atoms with Gasteiger partial charge in [0.05, 0.1) is 0 Å². The van der Waals surface area contributed by atoms with Gasteiger partial charge in [0, 0.05) is 45.0 Å². The summed E-state index contributed by atoms with van der Waals surface area (Å²) in [5.41, 5.74) is 3.49. The zero-order valence-corrected chi connectivity index (χ0v) is 15.2. The summed E-state index contributed by atoms with van der Waals surface area (Å²) in [5, 5.41) is 0. The lowest BCUT2D eigenvalue weighted by molar-refractivity contribution is 0.139. The topological polar surface area (TPSA) is 26.8 Å². The van der Waals surface area contributed by atoms with Gasteiger partial charge in [-0.1, -0.05) is 42.5 Å². The number of anilines is 1. The zero-order chi connectivity index (χ0) is 17.6. The first-order valence-corrected chi connectivity index (χ1v) is 9.07. The number of hydrogen-bond donors (Lipinski definition) is 0. The highest BCUT2D eigenvalue weighted by atomic mass is 16.2.